The summed E-state index contributed by atoms with van der Waals surface area (Å²) >= 11 is 0. The van der Waals surface area contributed by atoms with Crippen molar-refractivity contribution < 1.29 is 4.42 Å². The van der Waals surface area contributed by atoms with Crippen molar-refractivity contribution in [1.82, 2.24) is 4.98 Å². The summed E-state index contributed by atoms with van der Waals surface area (Å²) in [5.41, 5.74) is 3.12. The normalized spacial score (nSPS) is 12.8. The molecule has 1 N–H and O–H groups in total. The molecular formula is C20H18N2O2. The van der Waals surface area contributed by atoms with Crippen molar-refractivity contribution in [1.29, 1.82) is 0 Å². The standard InChI is InChI=1S/C20H18N2O2/c1-3-12(2)21-13-8-9-16-18(10-13)24-19-11-17(23)14-6-4-5-7-15(14)20(19)22-16/h4-12,21H,3H2,1-2H3. The second-order valence-corrected chi connectivity index (χ2v) is 6.12. The van der Waals surface area contributed by atoms with Crippen LogP contribution in [0.3, 0.4) is 0 Å². The first-order valence-corrected chi connectivity index (χ1v) is 8.18. The first kappa shape index (κ1) is 14.7. The maximum Gasteiger partial charge on any atom is 0.190 e. The van der Waals surface area contributed by atoms with Gasteiger partial charge in [0, 0.05) is 34.6 Å². The Bertz CT molecular complexity index is 1070. The van der Waals surface area contributed by atoms with Gasteiger partial charge in [-0.2, -0.15) is 0 Å². The zero-order valence-corrected chi connectivity index (χ0v) is 13.7. The monoisotopic (exact) mass is 318 g/mol. The van der Waals surface area contributed by atoms with E-state index in [0.29, 0.717) is 22.8 Å². The summed E-state index contributed by atoms with van der Waals surface area (Å²) in [5.74, 6) is 0.520. The molecule has 2 aliphatic rings. The van der Waals surface area contributed by atoms with Gasteiger partial charge in [0.15, 0.2) is 16.8 Å². The molecule has 0 fully saturated rings. The number of benzene rings is 3. The maximum absolute atomic E-state index is 12.3. The Labute approximate surface area is 139 Å². The fourth-order valence-corrected chi connectivity index (χ4v) is 2.90. The highest BCUT2D eigenvalue weighted by Gasteiger charge is 2.15. The van der Waals surface area contributed by atoms with E-state index in [1.807, 2.05) is 42.5 Å². The number of nitrogens with one attached hydrogen (secondary N) is 1. The van der Waals surface area contributed by atoms with Gasteiger partial charge in [0.25, 0.3) is 0 Å². The van der Waals surface area contributed by atoms with Crippen LogP contribution < -0.4 is 10.7 Å². The lowest BCUT2D eigenvalue weighted by Crippen LogP contribution is -2.13. The summed E-state index contributed by atoms with van der Waals surface area (Å²) in [7, 11) is 0. The smallest absolute Gasteiger partial charge is 0.190 e. The van der Waals surface area contributed by atoms with E-state index in [2.05, 4.69) is 19.2 Å². The molecule has 0 spiro atoms. The molecule has 0 aromatic heterocycles. The van der Waals surface area contributed by atoms with Crippen LogP contribution in [-0.4, -0.2) is 11.0 Å². The number of fused-ring (bicyclic) bond motifs is 4. The van der Waals surface area contributed by atoms with Gasteiger partial charge in [0.2, 0.25) is 0 Å². The molecule has 24 heavy (non-hydrogen) atoms. The molecule has 1 aliphatic carbocycles. The SMILES string of the molecule is CCC(C)Nc1ccc2nc3c4ccccc4c(=O)cc-3oc2c1. The third-order valence-corrected chi connectivity index (χ3v) is 4.38. The molecule has 4 heteroatoms. The topological polar surface area (TPSA) is 55.1 Å². The summed E-state index contributed by atoms with van der Waals surface area (Å²) in [6.07, 6.45) is 1.04. The van der Waals surface area contributed by atoms with E-state index >= 15 is 0 Å². The van der Waals surface area contributed by atoms with Crippen molar-refractivity contribution in [2.24, 2.45) is 0 Å². The van der Waals surface area contributed by atoms with Crippen LogP contribution in [0.1, 0.15) is 20.3 Å². The quantitative estimate of drug-likeness (QED) is 0.441. The number of hydrogen-bond donors (Lipinski definition) is 1. The lowest BCUT2D eigenvalue weighted by Gasteiger charge is -2.14. The molecule has 2 aromatic carbocycles. The Morgan fingerprint density at radius 1 is 1.12 bits per heavy atom. The molecule has 1 atom stereocenters. The summed E-state index contributed by atoms with van der Waals surface area (Å²) in [6, 6.07) is 15.3. The van der Waals surface area contributed by atoms with Crippen LogP contribution in [0.5, 0.6) is 0 Å². The van der Waals surface area contributed by atoms with Crippen LogP contribution in [0.25, 0.3) is 33.3 Å². The van der Waals surface area contributed by atoms with E-state index < -0.39 is 0 Å². The predicted octanol–water partition coefficient (Wildman–Crippen LogP) is 4.66. The lowest BCUT2D eigenvalue weighted by molar-refractivity contribution is 0.614. The Kier molecular flexibility index (Phi) is 3.45. The Morgan fingerprint density at radius 2 is 1.92 bits per heavy atom. The molecule has 0 bridgehead atoms. The number of hydrogen-bond acceptors (Lipinski definition) is 4. The van der Waals surface area contributed by atoms with E-state index in [-0.39, 0.29) is 5.43 Å². The summed E-state index contributed by atoms with van der Waals surface area (Å²) < 4.78 is 5.99. The van der Waals surface area contributed by atoms with Gasteiger partial charge in [-0.15, -0.1) is 0 Å². The van der Waals surface area contributed by atoms with Crippen LogP contribution in [0.2, 0.25) is 0 Å². The number of nitrogens with zero attached hydrogens (tertiary/aromatic N) is 1. The van der Waals surface area contributed by atoms with Gasteiger partial charge in [0.05, 0.1) is 0 Å². The molecule has 0 saturated carbocycles. The molecule has 1 unspecified atom stereocenters. The van der Waals surface area contributed by atoms with E-state index in [1.54, 1.807) is 0 Å². The first-order valence-electron chi connectivity index (χ1n) is 8.18. The van der Waals surface area contributed by atoms with Gasteiger partial charge in [-0.05, 0) is 25.5 Å². The van der Waals surface area contributed by atoms with Gasteiger partial charge in [-0.3, -0.25) is 4.79 Å². The molecule has 120 valence electrons. The minimum absolute atomic E-state index is 0.0446. The lowest BCUT2D eigenvalue weighted by atomic mass is 10.0. The van der Waals surface area contributed by atoms with Gasteiger partial charge in [-0.25, -0.2) is 4.98 Å². The average Bonchev–Trinajstić information content (AvgIpc) is 2.60. The second kappa shape index (κ2) is 5.64. The molecule has 0 amide bonds. The second-order valence-electron chi connectivity index (χ2n) is 6.12. The minimum atomic E-state index is -0.0446. The molecule has 2 aromatic rings. The predicted molar refractivity (Wildman–Crippen MR) is 97.8 cm³/mol. The Balaban J connectivity index is 1.96. The third kappa shape index (κ3) is 2.40. The van der Waals surface area contributed by atoms with Gasteiger partial charge >= 0.3 is 0 Å². The highest BCUT2D eigenvalue weighted by Crippen LogP contribution is 2.31. The zero-order valence-electron chi connectivity index (χ0n) is 13.7. The van der Waals surface area contributed by atoms with Crippen LogP contribution in [0, 0.1) is 0 Å². The van der Waals surface area contributed by atoms with Crippen molar-refractivity contribution in [3.63, 3.8) is 0 Å². The first-order chi connectivity index (χ1) is 11.7. The summed E-state index contributed by atoms with van der Waals surface area (Å²) in [5, 5.41) is 4.92. The fraction of sp³-hybridized carbons (Fsp3) is 0.200. The van der Waals surface area contributed by atoms with Crippen molar-refractivity contribution in [3.05, 3.63) is 58.8 Å². The van der Waals surface area contributed by atoms with E-state index in [1.165, 1.54) is 6.07 Å². The maximum atomic E-state index is 12.3. The molecule has 0 radical (unpaired) electrons. The zero-order chi connectivity index (χ0) is 16.7. The van der Waals surface area contributed by atoms with E-state index in [0.717, 1.165) is 28.7 Å². The highest BCUT2D eigenvalue weighted by molar-refractivity contribution is 5.96. The van der Waals surface area contributed by atoms with Crippen molar-refractivity contribution in [2.75, 3.05) is 5.32 Å². The molecule has 1 aliphatic heterocycles. The van der Waals surface area contributed by atoms with E-state index in [4.69, 9.17) is 9.40 Å². The number of aromatic nitrogens is 1. The minimum Gasteiger partial charge on any atom is -0.453 e. The van der Waals surface area contributed by atoms with Crippen LogP contribution in [0.4, 0.5) is 5.69 Å². The van der Waals surface area contributed by atoms with Crippen LogP contribution in [0.15, 0.2) is 57.7 Å². The van der Waals surface area contributed by atoms with Crippen molar-refractivity contribution >= 4 is 27.6 Å². The summed E-state index contributed by atoms with van der Waals surface area (Å²) in [4.78, 5) is 17.0. The van der Waals surface area contributed by atoms with Gasteiger partial charge in [-0.1, -0.05) is 31.2 Å². The summed E-state index contributed by atoms with van der Waals surface area (Å²) in [6.45, 7) is 4.27. The Morgan fingerprint density at radius 3 is 2.71 bits per heavy atom. The average molecular weight is 318 g/mol. The molecule has 4 nitrogen and oxygen atoms in total. The third-order valence-electron chi connectivity index (χ3n) is 4.38. The largest absolute Gasteiger partial charge is 0.453 e. The molecular weight excluding hydrogens is 300 g/mol. The van der Waals surface area contributed by atoms with Crippen LogP contribution in [-0.2, 0) is 0 Å². The van der Waals surface area contributed by atoms with E-state index in [9.17, 15) is 4.79 Å². The molecule has 1 heterocycles. The number of anilines is 1. The van der Waals surface area contributed by atoms with Crippen molar-refractivity contribution in [2.45, 2.75) is 26.3 Å². The molecule has 0 saturated heterocycles. The highest BCUT2D eigenvalue weighted by atomic mass is 16.3. The van der Waals surface area contributed by atoms with Gasteiger partial charge < -0.3 is 9.73 Å². The van der Waals surface area contributed by atoms with Crippen molar-refractivity contribution in [3.8, 4) is 11.5 Å². The Hall–Kier alpha value is -2.88. The number of rotatable bonds is 3. The molecule has 4 rings (SSSR count). The van der Waals surface area contributed by atoms with Gasteiger partial charge in [0.1, 0.15) is 11.2 Å². The van der Waals surface area contributed by atoms with Crippen LogP contribution >= 0.6 is 0 Å². The fourth-order valence-electron chi connectivity index (χ4n) is 2.90.